The van der Waals surface area contributed by atoms with Crippen LogP contribution in [0.5, 0.6) is 0 Å². The van der Waals surface area contributed by atoms with Crippen LogP contribution in [-0.2, 0) is 4.79 Å². The third-order valence-corrected chi connectivity index (χ3v) is 4.06. The van der Waals surface area contributed by atoms with Crippen LogP contribution in [0.3, 0.4) is 0 Å². The van der Waals surface area contributed by atoms with Crippen molar-refractivity contribution in [1.82, 2.24) is 0 Å². The fraction of sp³-hybridized carbons (Fsp3) is 0.588. The van der Waals surface area contributed by atoms with Crippen molar-refractivity contribution in [3.05, 3.63) is 24.3 Å². The second kappa shape index (κ2) is 7.93. The van der Waals surface area contributed by atoms with Crippen molar-refractivity contribution in [1.29, 1.82) is 0 Å². The maximum absolute atomic E-state index is 11.3. The molecule has 1 saturated carbocycles. The summed E-state index contributed by atoms with van der Waals surface area (Å²) in [6.07, 6.45) is 8.81. The van der Waals surface area contributed by atoms with Gasteiger partial charge in [0, 0.05) is 24.3 Å². The number of nitrogens with one attached hydrogen (secondary N) is 2. The van der Waals surface area contributed by atoms with E-state index in [-0.39, 0.29) is 5.91 Å². The lowest BCUT2D eigenvalue weighted by molar-refractivity contribution is -0.115. The Kier molecular flexibility index (Phi) is 5.90. The highest BCUT2D eigenvalue weighted by Gasteiger charge is 2.11. The molecule has 0 radical (unpaired) electrons. The zero-order chi connectivity index (χ0) is 14.2. The Morgan fingerprint density at radius 1 is 1.05 bits per heavy atom. The average Bonchev–Trinajstić information content (AvgIpc) is 2.75. The maximum Gasteiger partial charge on any atom is 0.224 e. The molecular formula is C17H26N2O. The molecule has 0 saturated heterocycles. The molecule has 20 heavy (non-hydrogen) atoms. The molecule has 0 aromatic heterocycles. The third kappa shape index (κ3) is 4.87. The van der Waals surface area contributed by atoms with Crippen molar-refractivity contribution in [3.63, 3.8) is 0 Å². The summed E-state index contributed by atoms with van der Waals surface area (Å²) in [6.45, 7) is 2.93. The van der Waals surface area contributed by atoms with Crippen LogP contribution in [0.25, 0.3) is 0 Å². The van der Waals surface area contributed by atoms with Crippen molar-refractivity contribution in [2.75, 3.05) is 17.2 Å². The molecule has 0 spiro atoms. The normalized spacial score (nSPS) is 16.4. The minimum Gasteiger partial charge on any atom is -0.385 e. The fourth-order valence-corrected chi connectivity index (χ4v) is 2.75. The summed E-state index contributed by atoms with van der Waals surface area (Å²) in [5, 5.41) is 6.39. The first-order valence-electron chi connectivity index (χ1n) is 7.91. The van der Waals surface area contributed by atoms with Gasteiger partial charge in [-0.05, 0) is 43.0 Å². The Balaban J connectivity index is 1.79. The molecule has 0 unspecified atom stereocenters. The van der Waals surface area contributed by atoms with E-state index in [4.69, 9.17) is 0 Å². The lowest BCUT2D eigenvalue weighted by atomic mass is 10.0. The lowest BCUT2D eigenvalue weighted by Gasteiger charge is -2.16. The quantitative estimate of drug-likeness (QED) is 0.780. The molecule has 1 aliphatic rings. The van der Waals surface area contributed by atoms with E-state index < -0.39 is 0 Å². The van der Waals surface area contributed by atoms with Crippen LogP contribution in [0.15, 0.2) is 24.3 Å². The van der Waals surface area contributed by atoms with E-state index in [1.807, 2.05) is 31.2 Å². The van der Waals surface area contributed by atoms with Gasteiger partial charge in [-0.15, -0.1) is 0 Å². The predicted octanol–water partition coefficient (Wildman–Crippen LogP) is 4.42. The summed E-state index contributed by atoms with van der Waals surface area (Å²) in [6, 6.07) is 8.01. The van der Waals surface area contributed by atoms with E-state index >= 15 is 0 Å². The molecule has 3 nitrogen and oxygen atoms in total. The summed E-state index contributed by atoms with van der Waals surface area (Å²) in [4.78, 5) is 11.3. The van der Waals surface area contributed by atoms with E-state index in [9.17, 15) is 4.79 Å². The Morgan fingerprint density at radius 3 is 2.25 bits per heavy atom. The van der Waals surface area contributed by atoms with Crippen LogP contribution in [0.4, 0.5) is 11.4 Å². The summed E-state index contributed by atoms with van der Waals surface area (Å²) < 4.78 is 0. The number of hydrogen-bond acceptors (Lipinski definition) is 2. The predicted molar refractivity (Wildman–Crippen MR) is 85.0 cm³/mol. The highest BCUT2D eigenvalue weighted by molar-refractivity contribution is 5.90. The number of rotatable bonds is 5. The van der Waals surface area contributed by atoms with Gasteiger partial charge in [-0.1, -0.05) is 32.6 Å². The standard InChI is InChI=1S/C17H26N2O/c1-2-17(20)19-16-11-9-15(10-12-16)18-13-14-7-5-3-4-6-8-14/h9-12,14,18H,2-8,13H2,1H3,(H,19,20). The largest absolute Gasteiger partial charge is 0.385 e. The van der Waals surface area contributed by atoms with Gasteiger partial charge >= 0.3 is 0 Å². The average molecular weight is 274 g/mol. The molecule has 1 aliphatic carbocycles. The van der Waals surface area contributed by atoms with E-state index in [1.165, 1.54) is 38.5 Å². The Morgan fingerprint density at radius 2 is 1.65 bits per heavy atom. The highest BCUT2D eigenvalue weighted by Crippen LogP contribution is 2.23. The first kappa shape index (κ1) is 14.9. The number of anilines is 2. The second-order valence-electron chi connectivity index (χ2n) is 5.72. The van der Waals surface area contributed by atoms with Crippen LogP contribution in [0.2, 0.25) is 0 Å². The zero-order valence-corrected chi connectivity index (χ0v) is 12.5. The van der Waals surface area contributed by atoms with Gasteiger partial charge in [-0.3, -0.25) is 4.79 Å². The smallest absolute Gasteiger partial charge is 0.224 e. The number of benzene rings is 1. The topological polar surface area (TPSA) is 41.1 Å². The van der Waals surface area contributed by atoms with Crippen molar-refractivity contribution in [3.8, 4) is 0 Å². The Labute approximate surface area is 122 Å². The molecule has 1 fully saturated rings. The Hall–Kier alpha value is -1.51. The summed E-state index contributed by atoms with van der Waals surface area (Å²) in [5.41, 5.74) is 2.01. The van der Waals surface area contributed by atoms with Crippen LogP contribution in [-0.4, -0.2) is 12.5 Å². The first-order valence-corrected chi connectivity index (χ1v) is 7.91. The van der Waals surface area contributed by atoms with Crippen LogP contribution >= 0.6 is 0 Å². The molecule has 1 amide bonds. The second-order valence-corrected chi connectivity index (χ2v) is 5.72. The number of carbonyl (C=O) groups is 1. The molecule has 0 atom stereocenters. The molecule has 1 aromatic carbocycles. The molecular weight excluding hydrogens is 248 g/mol. The SMILES string of the molecule is CCC(=O)Nc1ccc(NCC2CCCCCC2)cc1. The fourth-order valence-electron chi connectivity index (χ4n) is 2.75. The maximum atomic E-state index is 11.3. The Bertz CT molecular complexity index is 406. The highest BCUT2D eigenvalue weighted by atomic mass is 16.1. The molecule has 0 bridgehead atoms. The minimum absolute atomic E-state index is 0.0594. The molecule has 2 N–H and O–H groups in total. The van der Waals surface area contributed by atoms with E-state index in [0.717, 1.165) is 23.8 Å². The van der Waals surface area contributed by atoms with E-state index in [0.29, 0.717) is 6.42 Å². The van der Waals surface area contributed by atoms with Gasteiger partial charge in [0.1, 0.15) is 0 Å². The number of carbonyl (C=O) groups excluding carboxylic acids is 1. The first-order chi connectivity index (χ1) is 9.78. The van der Waals surface area contributed by atoms with Gasteiger partial charge in [-0.2, -0.15) is 0 Å². The van der Waals surface area contributed by atoms with Crippen molar-refractivity contribution >= 4 is 17.3 Å². The monoisotopic (exact) mass is 274 g/mol. The lowest BCUT2D eigenvalue weighted by Crippen LogP contribution is -2.13. The van der Waals surface area contributed by atoms with Gasteiger partial charge in [0.25, 0.3) is 0 Å². The number of amides is 1. The molecule has 1 aromatic rings. The van der Waals surface area contributed by atoms with Crippen molar-refractivity contribution in [2.24, 2.45) is 5.92 Å². The molecule has 2 rings (SSSR count). The summed E-state index contributed by atoms with van der Waals surface area (Å²) in [5.74, 6) is 0.876. The molecule has 3 heteroatoms. The molecule has 0 heterocycles. The van der Waals surface area contributed by atoms with Gasteiger partial charge in [0.05, 0.1) is 0 Å². The van der Waals surface area contributed by atoms with E-state index in [1.54, 1.807) is 0 Å². The minimum atomic E-state index is 0.0594. The zero-order valence-electron chi connectivity index (χ0n) is 12.5. The summed E-state index contributed by atoms with van der Waals surface area (Å²) >= 11 is 0. The van der Waals surface area contributed by atoms with Crippen molar-refractivity contribution < 1.29 is 4.79 Å². The van der Waals surface area contributed by atoms with Crippen LogP contribution in [0, 0.1) is 5.92 Å². The molecule has 0 aliphatic heterocycles. The number of hydrogen-bond donors (Lipinski definition) is 2. The summed E-state index contributed by atoms with van der Waals surface area (Å²) in [7, 11) is 0. The van der Waals surface area contributed by atoms with Gasteiger partial charge in [0.15, 0.2) is 0 Å². The van der Waals surface area contributed by atoms with Gasteiger partial charge < -0.3 is 10.6 Å². The molecule has 110 valence electrons. The van der Waals surface area contributed by atoms with Crippen LogP contribution < -0.4 is 10.6 Å². The van der Waals surface area contributed by atoms with Crippen LogP contribution in [0.1, 0.15) is 51.9 Å². The van der Waals surface area contributed by atoms with E-state index in [2.05, 4.69) is 10.6 Å². The third-order valence-electron chi connectivity index (χ3n) is 4.06. The van der Waals surface area contributed by atoms with Gasteiger partial charge in [0.2, 0.25) is 5.91 Å². The van der Waals surface area contributed by atoms with Gasteiger partial charge in [-0.25, -0.2) is 0 Å². The van der Waals surface area contributed by atoms with Crippen molar-refractivity contribution in [2.45, 2.75) is 51.9 Å².